The zero-order valence-electron chi connectivity index (χ0n) is 12.7. The van der Waals surface area contributed by atoms with Crippen LogP contribution in [0.4, 0.5) is 4.79 Å². The Morgan fingerprint density at radius 3 is 2.42 bits per heavy atom. The molecule has 0 atom stereocenters. The van der Waals surface area contributed by atoms with Crippen LogP contribution in [0.3, 0.4) is 0 Å². The van der Waals surface area contributed by atoms with E-state index >= 15 is 0 Å². The van der Waals surface area contributed by atoms with Gasteiger partial charge in [0.25, 0.3) is 0 Å². The van der Waals surface area contributed by atoms with E-state index in [4.69, 9.17) is 9.47 Å². The number of ether oxygens (including phenoxy) is 2. The van der Waals surface area contributed by atoms with Gasteiger partial charge in [0.1, 0.15) is 18.7 Å². The van der Waals surface area contributed by atoms with Crippen LogP contribution in [0.5, 0.6) is 5.75 Å². The Morgan fingerprint density at radius 1 is 1.00 bits per heavy atom. The van der Waals surface area contributed by atoms with E-state index in [-0.39, 0.29) is 6.61 Å². The smallest absolute Gasteiger partial charge is 0.419 e. The fraction of sp³-hybridized carbons (Fsp3) is 0.0556. The third-order valence-electron chi connectivity index (χ3n) is 3.22. The first kappa shape index (κ1) is 15.5. The van der Waals surface area contributed by atoms with Crippen LogP contribution in [0.1, 0.15) is 15.9 Å². The van der Waals surface area contributed by atoms with Crippen LogP contribution in [0.15, 0.2) is 73.3 Å². The fourth-order valence-electron chi connectivity index (χ4n) is 1.98. The average Bonchev–Trinajstić information content (AvgIpc) is 3.16. The molecule has 0 N–H and O–H groups in total. The molecule has 0 amide bonds. The lowest BCUT2D eigenvalue weighted by molar-refractivity contribution is 0.0734. The molecule has 6 nitrogen and oxygen atoms in total. The van der Waals surface area contributed by atoms with E-state index in [1.54, 1.807) is 48.5 Å². The van der Waals surface area contributed by atoms with E-state index in [2.05, 4.69) is 4.98 Å². The number of benzene rings is 2. The second-order valence-corrected chi connectivity index (χ2v) is 4.92. The molecule has 6 heteroatoms. The fourth-order valence-corrected chi connectivity index (χ4v) is 1.98. The molecule has 24 heavy (non-hydrogen) atoms. The second-order valence-electron chi connectivity index (χ2n) is 4.92. The van der Waals surface area contributed by atoms with Gasteiger partial charge in [-0.3, -0.25) is 0 Å². The summed E-state index contributed by atoms with van der Waals surface area (Å²) in [4.78, 5) is 27.4. The van der Waals surface area contributed by atoms with Gasteiger partial charge in [0.05, 0.1) is 5.56 Å². The molecule has 1 aromatic heterocycles. The Labute approximate surface area is 138 Å². The molecule has 1 heterocycles. The summed E-state index contributed by atoms with van der Waals surface area (Å²) in [5, 5.41) is 0. The molecule has 0 saturated heterocycles. The van der Waals surface area contributed by atoms with Crippen molar-refractivity contribution < 1.29 is 19.1 Å². The minimum absolute atomic E-state index is 0.115. The molecule has 0 spiro atoms. The highest BCUT2D eigenvalue weighted by atomic mass is 16.5. The van der Waals surface area contributed by atoms with Crippen molar-refractivity contribution >= 4 is 12.1 Å². The standard InChI is InChI=1S/C18H14N2O4/c21-17(15-4-2-1-3-5-15)24-16-8-6-14(7-9-16)12-23-18(22)20-11-10-19-13-20/h1-11,13H,12H2. The van der Waals surface area contributed by atoms with Crippen molar-refractivity contribution in [2.75, 3.05) is 0 Å². The van der Waals surface area contributed by atoms with Crippen LogP contribution in [-0.4, -0.2) is 21.6 Å². The maximum absolute atomic E-state index is 11.9. The summed E-state index contributed by atoms with van der Waals surface area (Å²) in [5.41, 5.74) is 1.26. The van der Waals surface area contributed by atoms with Crippen molar-refractivity contribution in [2.24, 2.45) is 0 Å². The van der Waals surface area contributed by atoms with Crippen LogP contribution in [0, 0.1) is 0 Å². The van der Waals surface area contributed by atoms with Crippen molar-refractivity contribution in [3.05, 3.63) is 84.4 Å². The number of carbonyl (C=O) groups excluding carboxylic acids is 2. The Balaban J connectivity index is 1.55. The van der Waals surface area contributed by atoms with Gasteiger partial charge >= 0.3 is 12.1 Å². The van der Waals surface area contributed by atoms with Gasteiger partial charge in [0, 0.05) is 12.4 Å². The summed E-state index contributed by atoms with van der Waals surface area (Å²) in [6.45, 7) is 0.115. The number of nitrogens with zero attached hydrogens (tertiary/aromatic N) is 2. The molecule has 0 radical (unpaired) electrons. The summed E-state index contributed by atoms with van der Waals surface area (Å²) >= 11 is 0. The predicted octanol–water partition coefficient (Wildman–Crippen LogP) is 3.29. The van der Waals surface area contributed by atoms with E-state index in [0.29, 0.717) is 11.3 Å². The molecule has 0 bridgehead atoms. The molecule has 0 fully saturated rings. The topological polar surface area (TPSA) is 70.4 Å². The molecular weight excluding hydrogens is 308 g/mol. The first-order valence-electron chi connectivity index (χ1n) is 7.23. The van der Waals surface area contributed by atoms with E-state index < -0.39 is 12.1 Å². The van der Waals surface area contributed by atoms with Crippen molar-refractivity contribution in [3.8, 4) is 5.75 Å². The Kier molecular flexibility index (Phi) is 4.67. The van der Waals surface area contributed by atoms with Gasteiger partial charge in [-0.15, -0.1) is 0 Å². The SMILES string of the molecule is O=C(Oc1ccc(COC(=O)n2ccnc2)cc1)c1ccccc1. The van der Waals surface area contributed by atoms with E-state index in [0.717, 1.165) is 5.56 Å². The van der Waals surface area contributed by atoms with Crippen LogP contribution in [0.25, 0.3) is 0 Å². The average molecular weight is 322 g/mol. The van der Waals surface area contributed by atoms with Crippen molar-refractivity contribution in [2.45, 2.75) is 6.61 Å². The second kappa shape index (κ2) is 7.23. The van der Waals surface area contributed by atoms with Crippen molar-refractivity contribution in [3.63, 3.8) is 0 Å². The maximum atomic E-state index is 11.9. The first-order valence-corrected chi connectivity index (χ1v) is 7.23. The molecule has 2 aromatic carbocycles. The van der Waals surface area contributed by atoms with Crippen LogP contribution < -0.4 is 4.74 Å². The molecule has 3 rings (SSSR count). The third-order valence-corrected chi connectivity index (χ3v) is 3.22. The number of hydrogen-bond donors (Lipinski definition) is 0. The quantitative estimate of drug-likeness (QED) is 0.544. The normalized spacial score (nSPS) is 10.2. The highest BCUT2D eigenvalue weighted by Crippen LogP contribution is 2.15. The molecule has 0 saturated carbocycles. The van der Waals surface area contributed by atoms with Crippen molar-refractivity contribution in [1.29, 1.82) is 0 Å². The summed E-state index contributed by atoms with van der Waals surface area (Å²) in [5.74, 6) is 0.00317. The molecule has 3 aromatic rings. The Bertz CT molecular complexity index is 812. The number of rotatable bonds is 4. The number of esters is 1. The van der Waals surface area contributed by atoms with Gasteiger partial charge in [-0.1, -0.05) is 30.3 Å². The molecule has 120 valence electrons. The number of hydrogen-bond acceptors (Lipinski definition) is 5. The monoisotopic (exact) mass is 322 g/mol. The molecular formula is C18H14N2O4. The number of imidazole rings is 1. The van der Waals surface area contributed by atoms with Crippen LogP contribution in [0.2, 0.25) is 0 Å². The summed E-state index contributed by atoms with van der Waals surface area (Å²) in [6, 6.07) is 15.5. The third kappa shape index (κ3) is 3.86. The lowest BCUT2D eigenvalue weighted by atomic mass is 10.2. The highest BCUT2D eigenvalue weighted by molar-refractivity contribution is 5.90. The zero-order valence-corrected chi connectivity index (χ0v) is 12.7. The van der Waals surface area contributed by atoms with Crippen LogP contribution in [-0.2, 0) is 11.3 Å². The lowest BCUT2D eigenvalue weighted by Crippen LogP contribution is -2.11. The predicted molar refractivity (Wildman–Crippen MR) is 85.7 cm³/mol. The molecule has 0 aliphatic heterocycles. The lowest BCUT2D eigenvalue weighted by Gasteiger charge is -2.07. The first-order chi connectivity index (χ1) is 11.7. The number of aromatic nitrogens is 2. The van der Waals surface area contributed by atoms with Crippen LogP contribution >= 0.6 is 0 Å². The summed E-state index contributed by atoms with van der Waals surface area (Å²) < 4.78 is 11.7. The van der Waals surface area contributed by atoms with E-state index in [1.165, 1.54) is 23.3 Å². The Hall–Kier alpha value is -3.41. The zero-order chi connectivity index (χ0) is 16.8. The minimum atomic E-state index is -0.507. The van der Waals surface area contributed by atoms with E-state index in [9.17, 15) is 9.59 Å². The molecule has 0 aliphatic carbocycles. The van der Waals surface area contributed by atoms with Crippen molar-refractivity contribution in [1.82, 2.24) is 9.55 Å². The largest absolute Gasteiger partial charge is 0.444 e. The molecule has 0 unspecified atom stereocenters. The van der Waals surface area contributed by atoms with Gasteiger partial charge in [0.15, 0.2) is 0 Å². The van der Waals surface area contributed by atoms with E-state index in [1.807, 2.05) is 6.07 Å². The minimum Gasteiger partial charge on any atom is -0.444 e. The van der Waals surface area contributed by atoms with Gasteiger partial charge in [0.2, 0.25) is 0 Å². The molecule has 0 aliphatic rings. The van der Waals surface area contributed by atoms with Gasteiger partial charge in [-0.2, -0.15) is 0 Å². The van der Waals surface area contributed by atoms with Gasteiger partial charge < -0.3 is 9.47 Å². The number of carbonyl (C=O) groups is 2. The highest BCUT2D eigenvalue weighted by Gasteiger charge is 2.08. The Morgan fingerprint density at radius 2 is 1.75 bits per heavy atom. The summed E-state index contributed by atoms with van der Waals surface area (Å²) in [7, 11) is 0. The maximum Gasteiger partial charge on any atom is 0.419 e. The van der Waals surface area contributed by atoms with Gasteiger partial charge in [-0.25, -0.2) is 19.1 Å². The van der Waals surface area contributed by atoms with Gasteiger partial charge in [-0.05, 0) is 29.8 Å². The summed E-state index contributed by atoms with van der Waals surface area (Å²) in [6.07, 6.45) is 3.87.